The fraction of sp³-hybridized carbons (Fsp3) is 0.895. The third kappa shape index (κ3) is 4.49. The van der Waals surface area contributed by atoms with Gasteiger partial charge in [-0.25, -0.2) is 0 Å². The van der Waals surface area contributed by atoms with Crippen LogP contribution in [0.15, 0.2) is 0 Å². The molecule has 0 aromatic carbocycles. The van der Waals surface area contributed by atoms with Gasteiger partial charge in [-0.15, -0.1) is 0 Å². The van der Waals surface area contributed by atoms with E-state index in [2.05, 4.69) is 0 Å². The number of esters is 2. The fourth-order valence-corrected chi connectivity index (χ4v) is 6.49. The highest BCUT2D eigenvalue weighted by Crippen LogP contribution is 2.53. The smallest absolute Gasteiger partial charge is 0.308 e. The van der Waals surface area contributed by atoms with Crippen LogP contribution in [-0.2, 0) is 19.1 Å². The molecule has 4 rings (SSSR count). The summed E-state index contributed by atoms with van der Waals surface area (Å²) in [5.74, 6) is 0.0190. The lowest BCUT2D eigenvalue weighted by Crippen LogP contribution is -2.33. The van der Waals surface area contributed by atoms with Gasteiger partial charge in [0.05, 0.1) is 25.0 Å². The predicted molar refractivity (Wildman–Crippen MR) is 101 cm³/mol. The van der Waals surface area contributed by atoms with Crippen molar-refractivity contribution in [2.24, 2.45) is 17.3 Å². The molecule has 6 atom stereocenters. The van der Waals surface area contributed by atoms with Crippen LogP contribution in [0.25, 0.3) is 0 Å². The van der Waals surface area contributed by atoms with Crippen molar-refractivity contribution in [3.05, 3.63) is 0 Å². The molecule has 6 heteroatoms. The zero-order valence-corrected chi connectivity index (χ0v) is 16.7. The molecule has 6 unspecified atom stereocenters. The third-order valence-electron chi connectivity index (χ3n) is 5.89. The molecule has 0 bridgehead atoms. The first-order chi connectivity index (χ1) is 11.9. The molecule has 140 valence electrons. The molecular weight excluding hydrogens is 356 g/mol. The number of thioether (sulfide) groups is 2. The van der Waals surface area contributed by atoms with Crippen molar-refractivity contribution >= 4 is 35.5 Å². The number of fused-ring (bicyclic) bond motifs is 2. The summed E-state index contributed by atoms with van der Waals surface area (Å²) in [5, 5.41) is 3.01. The molecular formula is C19H28O4S2. The summed E-state index contributed by atoms with van der Waals surface area (Å²) >= 11 is 4.01. The topological polar surface area (TPSA) is 52.6 Å². The van der Waals surface area contributed by atoms with E-state index in [4.69, 9.17) is 9.47 Å². The maximum absolute atomic E-state index is 12.3. The molecule has 0 spiro atoms. The fourth-order valence-electron chi connectivity index (χ4n) is 4.05. The average Bonchev–Trinajstić information content (AvgIpc) is 3.50. The predicted octanol–water partition coefficient (Wildman–Crippen LogP) is 3.67. The van der Waals surface area contributed by atoms with Gasteiger partial charge >= 0.3 is 11.9 Å². The Balaban J connectivity index is 1.17. The summed E-state index contributed by atoms with van der Waals surface area (Å²) in [6.45, 7) is 4.63. The van der Waals surface area contributed by atoms with Crippen molar-refractivity contribution in [1.82, 2.24) is 0 Å². The molecule has 2 saturated heterocycles. The second kappa shape index (κ2) is 6.99. The van der Waals surface area contributed by atoms with Crippen molar-refractivity contribution in [3.8, 4) is 0 Å². The van der Waals surface area contributed by atoms with Gasteiger partial charge in [0.1, 0.15) is 0 Å². The Morgan fingerprint density at radius 3 is 1.64 bits per heavy atom. The standard InChI is InChI=1S/C19H28O4S2/c1-19(2,9-22-17(20)11-3-5-13-15(7-11)24-13)10-23-18(21)12-4-6-14-16(8-12)25-14/h11-16H,3-10H2,1-2H3. The third-order valence-corrected chi connectivity index (χ3v) is 8.83. The number of ether oxygens (including phenoxy) is 2. The lowest BCUT2D eigenvalue weighted by Gasteiger charge is -2.27. The summed E-state index contributed by atoms with van der Waals surface area (Å²) in [4.78, 5) is 24.6. The minimum Gasteiger partial charge on any atom is -0.465 e. The van der Waals surface area contributed by atoms with Crippen LogP contribution >= 0.6 is 23.5 Å². The highest BCUT2D eigenvalue weighted by Gasteiger charge is 2.46. The Hall–Kier alpha value is -0.360. The van der Waals surface area contributed by atoms with Gasteiger partial charge < -0.3 is 9.47 Å². The number of carbonyl (C=O) groups is 2. The summed E-state index contributed by atoms with van der Waals surface area (Å²) in [6.07, 6.45) is 6.18. The molecule has 0 aromatic heterocycles. The van der Waals surface area contributed by atoms with E-state index in [1.807, 2.05) is 37.4 Å². The molecule has 0 amide bonds. The van der Waals surface area contributed by atoms with Crippen LogP contribution in [0.5, 0.6) is 0 Å². The van der Waals surface area contributed by atoms with Gasteiger partial charge in [0.25, 0.3) is 0 Å². The van der Waals surface area contributed by atoms with E-state index < -0.39 is 0 Å². The van der Waals surface area contributed by atoms with E-state index in [0.717, 1.165) is 49.0 Å². The molecule has 4 nitrogen and oxygen atoms in total. The molecule has 2 aliphatic heterocycles. The highest BCUT2D eigenvalue weighted by atomic mass is 32.2. The zero-order chi connectivity index (χ0) is 17.6. The number of hydrogen-bond acceptors (Lipinski definition) is 6. The monoisotopic (exact) mass is 384 g/mol. The zero-order valence-electron chi connectivity index (χ0n) is 15.1. The van der Waals surface area contributed by atoms with Crippen LogP contribution in [0.3, 0.4) is 0 Å². The number of hydrogen-bond donors (Lipinski definition) is 0. The molecule has 2 aliphatic carbocycles. The van der Waals surface area contributed by atoms with Crippen molar-refractivity contribution in [3.63, 3.8) is 0 Å². The largest absolute Gasteiger partial charge is 0.465 e. The molecule has 0 N–H and O–H groups in total. The molecule has 0 aromatic rings. The van der Waals surface area contributed by atoms with Crippen LogP contribution in [0.4, 0.5) is 0 Å². The molecule has 2 saturated carbocycles. The van der Waals surface area contributed by atoms with Gasteiger partial charge in [-0.05, 0) is 38.5 Å². The summed E-state index contributed by atoms with van der Waals surface area (Å²) in [5.41, 5.74) is -0.331. The van der Waals surface area contributed by atoms with Gasteiger partial charge in [0.15, 0.2) is 0 Å². The quantitative estimate of drug-likeness (QED) is 0.514. The first kappa shape index (κ1) is 18.0. The van der Waals surface area contributed by atoms with Crippen molar-refractivity contribution in [2.75, 3.05) is 13.2 Å². The molecule has 2 heterocycles. The van der Waals surface area contributed by atoms with Crippen LogP contribution in [-0.4, -0.2) is 46.2 Å². The molecule has 4 aliphatic rings. The number of rotatable bonds is 6. The summed E-state index contributed by atoms with van der Waals surface area (Å²) in [7, 11) is 0. The van der Waals surface area contributed by atoms with Gasteiger partial charge in [0.2, 0.25) is 0 Å². The van der Waals surface area contributed by atoms with E-state index in [-0.39, 0.29) is 29.2 Å². The minimum absolute atomic E-state index is 0.0607. The van der Waals surface area contributed by atoms with Gasteiger partial charge in [-0.1, -0.05) is 13.8 Å². The van der Waals surface area contributed by atoms with Crippen LogP contribution < -0.4 is 0 Å². The van der Waals surface area contributed by atoms with Crippen molar-refractivity contribution < 1.29 is 19.1 Å². The van der Waals surface area contributed by atoms with E-state index in [0.29, 0.717) is 23.7 Å². The van der Waals surface area contributed by atoms with E-state index >= 15 is 0 Å². The molecule has 25 heavy (non-hydrogen) atoms. The van der Waals surface area contributed by atoms with E-state index in [1.54, 1.807) is 0 Å². The Labute approximate surface area is 158 Å². The summed E-state index contributed by atoms with van der Waals surface area (Å²) in [6, 6.07) is 0. The lowest BCUT2D eigenvalue weighted by molar-refractivity contribution is -0.158. The summed E-state index contributed by atoms with van der Waals surface area (Å²) < 4.78 is 11.1. The molecule has 4 fully saturated rings. The second-order valence-electron chi connectivity index (χ2n) is 8.83. The van der Waals surface area contributed by atoms with Crippen LogP contribution in [0, 0.1) is 17.3 Å². The first-order valence-corrected chi connectivity index (χ1v) is 11.4. The number of carbonyl (C=O) groups excluding carboxylic acids is 2. The Morgan fingerprint density at radius 2 is 1.24 bits per heavy atom. The Morgan fingerprint density at radius 1 is 0.800 bits per heavy atom. The first-order valence-electron chi connectivity index (χ1n) is 9.55. The van der Waals surface area contributed by atoms with Gasteiger partial charge in [-0.3, -0.25) is 9.59 Å². The Bertz CT molecular complexity index is 504. The lowest BCUT2D eigenvalue weighted by atomic mass is 9.89. The SMILES string of the molecule is CC(C)(COC(=O)C1CCC2SC2C1)COC(=O)C1CCC2SC2C1. The highest BCUT2D eigenvalue weighted by molar-refractivity contribution is 8.08. The molecule has 0 radical (unpaired) electrons. The second-order valence-corrected chi connectivity index (χ2v) is 11.8. The van der Waals surface area contributed by atoms with Crippen molar-refractivity contribution in [2.45, 2.75) is 73.4 Å². The van der Waals surface area contributed by atoms with E-state index in [1.165, 1.54) is 0 Å². The van der Waals surface area contributed by atoms with Crippen LogP contribution in [0.1, 0.15) is 52.4 Å². The minimum atomic E-state index is -0.331. The van der Waals surface area contributed by atoms with Crippen LogP contribution in [0.2, 0.25) is 0 Å². The average molecular weight is 385 g/mol. The van der Waals surface area contributed by atoms with Gasteiger partial charge in [-0.2, -0.15) is 23.5 Å². The van der Waals surface area contributed by atoms with Gasteiger partial charge in [0, 0.05) is 26.4 Å². The maximum atomic E-state index is 12.3. The Kier molecular flexibility index (Phi) is 5.04. The van der Waals surface area contributed by atoms with Crippen molar-refractivity contribution in [1.29, 1.82) is 0 Å². The maximum Gasteiger partial charge on any atom is 0.308 e. The van der Waals surface area contributed by atoms with E-state index in [9.17, 15) is 9.59 Å². The normalized spacial score (nSPS) is 39.0.